The molecule has 0 aliphatic carbocycles. The monoisotopic (exact) mass is 1980 g/mol. The summed E-state index contributed by atoms with van der Waals surface area (Å²) in [6.45, 7) is -1.83. The van der Waals surface area contributed by atoms with Gasteiger partial charge in [0.15, 0.2) is 44.0 Å². The van der Waals surface area contributed by atoms with E-state index in [4.69, 9.17) is 90.2 Å². The highest BCUT2D eigenvalue weighted by atomic mass is 32.2. The van der Waals surface area contributed by atoms with E-state index in [-0.39, 0.29) is 92.8 Å². The summed E-state index contributed by atoms with van der Waals surface area (Å²) < 4.78 is 108. The number of cyclic esters (lactones) is 1. The van der Waals surface area contributed by atoms with E-state index in [0.717, 1.165) is 29.1 Å². The van der Waals surface area contributed by atoms with Crippen molar-refractivity contribution in [3.05, 3.63) is 56.9 Å². The highest BCUT2D eigenvalue weighted by Crippen LogP contribution is 2.45. The molecule has 23 aliphatic heterocycles. The Balaban J connectivity index is 0.741. The van der Waals surface area contributed by atoms with E-state index in [1.807, 2.05) is 6.92 Å². The number of nitrogens with one attached hydrogen (secondary N) is 3. The number of ether oxygens (including phenoxy) is 18. The van der Waals surface area contributed by atoms with Gasteiger partial charge in [-0.05, 0) is 56.6 Å². The number of thioether (sulfide) groups is 2. The molecule has 136 heavy (non-hydrogen) atoms. The van der Waals surface area contributed by atoms with Crippen molar-refractivity contribution in [2.45, 2.75) is 293 Å². The van der Waals surface area contributed by atoms with E-state index >= 15 is 0 Å². The minimum Gasteiger partial charge on any atom is -0.508 e. The Labute approximate surface area is 783 Å². The molecule has 14 bridgehead atoms. The van der Waals surface area contributed by atoms with Crippen molar-refractivity contribution in [3.63, 3.8) is 0 Å². The number of likely N-dealkylation sites (N-methyl/N-ethyl adjacent to an activating group) is 1. The van der Waals surface area contributed by atoms with Gasteiger partial charge >= 0.3 is 11.9 Å². The number of aromatic hydroxyl groups is 1. The number of ketones is 2. The number of benzene rings is 1. The van der Waals surface area contributed by atoms with Gasteiger partial charge in [0.25, 0.3) is 5.56 Å². The Morgan fingerprint density at radius 1 is 0.507 bits per heavy atom. The van der Waals surface area contributed by atoms with Crippen LogP contribution in [-0.4, -0.2) is 471 Å². The summed E-state index contributed by atoms with van der Waals surface area (Å²) in [5.74, 6) is -6.56. The molecule has 38 atom stereocenters. The van der Waals surface area contributed by atoms with Crippen LogP contribution >= 0.6 is 23.5 Å². The van der Waals surface area contributed by atoms with Crippen LogP contribution in [0.1, 0.15) is 68.7 Å². The maximum atomic E-state index is 14.5. The number of hydrogen-bond donors (Lipinski definition) is 23. The third-order valence-corrected chi connectivity index (χ3v) is 28.0. The Hall–Kier alpha value is -6.14. The van der Waals surface area contributed by atoms with Crippen molar-refractivity contribution in [1.29, 1.82) is 0 Å². The lowest BCUT2D eigenvalue weighted by Gasteiger charge is -2.50. The Bertz CT molecular complexity index is 4610. The number of phenols is 1. The molecular formula is C84H121N5O45S2. The number of amides is 2. The zero-order valence-electron chi connectivity index (χ0n) is 74.4. The van der Waals surface area contributed by atoms with Gasteiger partial charge in [-0.25, -0.2) is 9.78 Å². The number of nitrogens with zero attached hydrogens (tertiary/aromatic N) is 2. The molecule has 764 valence electrons. The van der Waals surface area contributed by atoms with Crippen LogP contribution in [0.3, 0.4) is 0 Å². The average Bonchev–Trinajstić information content (AvgIpc) is 1.55. The molecule has 2 aromatic heterocycles. The third-order valence-electron chi connectivity index (χ3n) is 25.6. The first-order valence-electron chi connectivity index (χ1n) is 44.6. The van der Waals surface area contributed by atoms with Crippen molar-refractivity contribution in [2.24, 2.45) is 5.92 Å². The summed E-state index contributed by atoms with van der Waals surface area (Å²) in [4.78, 5) is 99.6. The summed E-state index contributed by atoms with van der Waals surface area (Å²) >= 11 is 1.75. The lowest BCUT2D eigenvalue weighted by atomic mass is 9.85. The first-order valence-corrected chi connectivity index (χ1v) is 46.9. The number of Topliss-reactive ketones (excluding diaryl/α,β-unsaturated/α-hetero) is 2. The number of carbonyl (C=O) groups excluding carboxylic acids is 6. The van der Waals surface area contributed by atoms with E-state index in [9.17, 15) is 136 Å². The molecule has 52 heteroatoms. The van der Waals surface area contributed by atoms with Crippen LogP contribution in [0.15, 0.2) is 29.1 Å². The molecule has 0 radical (unpaired) electrons. The Kier molecular flexibility index (Phi) is 37.3. The maximum absolute atomic E-state index is 14.5. The second-order valence-corrected chi connectivity index (χ2v) is 36.6. The number of fused-ring (bicyclic) bond motifs is 5. The normalized spacial score (nSPS) is 38.6. The number of pyridine rings is 2. The number of aliphatic hydroxyl groups is 19. The second kappa shape index (κ2) is 47.4. The first-order chi connectivity index (χ1) is 65.0. The van der Waals surface area contributed by atoms with Crippen LogP contribution in [-0.2, 0) is 139 Å². The summed E-state index contributed by atoms with van der Waals surface area (Å²) in [5.41, 5.74) is 0.0529. The molecule has 21 fully saturated rings. The average molecular weight is 1990 g/mol. The predicted molar refractivity (Wildman–Crippen MR) is 453 cm³/mol. The van der Waals surface area contributed by atoms with Crippen molar-refractivity contribution in [1.82, 2.24) is 25.5 Å². The van der Waals surface area contributed by atoms with Crippen molar-refractivity contribution in [2.75, 3.05) is 103 Å². The van der Waals surface area contributed by atoms with Crippen molar-refractivity contribution >= 4 is 69.7 Å². The van der Waals surface area contributed by atoms with Gasteiger partial charge in [-0.15, -0.1) is 0 Å². The Morgan fingerprint density at radius 2 is 0.904 bits per heavy atom. The summed E-state index contributed by atoms with van der Waals surface area (Å²) in [6.07, 6.45) is -74.4. The molecule has 23 aliphatic rings. The van der Waals surface area contributed by atoms with Gasteiger partial charge in [0.1, 0.15) is 189 Å². The molecule has 0 saturated carbocycles. The molecule has 26 rings (SSSR count). The number of rotatable bonds is 32. The number of aliphatic hydroxyl groups excluding tert-OH is 19. The van der Waals surface area contributed by atoms with Crippen molar-refractivity contribution < 1.29 is 216 Å². The van der Waals surface area contributed by atoms with Crippen LogP contribution in [0.25, 0.3) is 22.3 Å². The number of aryl methyl sites for hydroxylation is 1. The number of hydrogen-bond acceptors (Lipinski definition) is 49. The van der Waals surface area contributed by atoms with Crippen molar-refractivity contribution in [3.8, 4) is 17.1 Å². The highest BCUT2D eigenvalue weighted by Gasteiger charge is 2.61. The third kappa shape index (κ3) is 22.9. The lowest BCUT2D eigenvalue weighted by Crippen LogP contribution is -2.68. The number of esters is 2. The van der Waals surface area contributed by atoms with Crippen LogP contribution < -0.4 is 21.5 Å². The molecule has 14 unspecified atom stereocenters. The zero-order valence-corrected chi connectivity index (χ0v) is 76.0. The first kappa shape index (κ1) is 107. The number of aromatic nitrogens is 2. The van der Waals surface area contributed by atoms with E-state index in [1.165, 1.54) is 38.6 Å². The SMILES string of the molecule is CCc1c2c(nc3ccc(O)cc13)-c1cc3c(c(=O)n1C2)COC(=O)[C@]3(CC)OC(=O)CNC(=O)[C@@H](CSCC1O[C@H]2O[C@@H]3C(CO)O[C@H](O[C@@H]4C(CO)O[C@H](O[C@@H]5C(CO)O[C@H](O[C@@H]6C(CSC[C@@H](CC(=O)CCOCCOCCC(C)=O)C(=O)NC)O[C@H](O[C@@H]7C(CO)O[C@@H](O[C@@H]8C(CO)O[C@@H](O[C@H]1[C@H](O)C2O)C(O)[C@H]8O)C(O)[C@H]7O)C(O)[C@H]6O)C(O)[C@H]5O)C(O)[C@H]4O)C(O)[C@H]3O)NC. The van der Waals surface area contributed by atoms with Gasteiger partial charge in [0, 0.05) is 65.8 Å². The minimum absolute atomic E-state index is 0.00632. The fourth-order valence-electron chi connectivity index (χ4n) is 18.1. The fourth-order valence-corrected chi connectivity index (χ4v) is 20.4. The molecular weight excluding hydrogens is 1860 g/mol. The van der Waals surface area contributed by atoms with Gasteiger partial charge in [-0.3, -0.25) is 28.8 Å². The smallest absolute Gasteiger partial charge is 0.355 e. The van der Waals surface area contributed by atoms with E-state index < -0.39 is 325 Å². The topological polar surface area (TPSA) is 744 Å². The minimum atomic E-state index is -2.36. The molecule has 3 aromatic rings. The maximum Gasteiger partial charge on any atom is 0.355 e. The zero-order chi connectivity index (χ0) is 98.3. The lowest BCUT2D eigenvalue weighted by molar-refractivity contribution is -0.395. The van der Waals surface area contributed by atoms with Crippen LogP contribution in [0.4, 0.5) is 0 Å². The van der Waals surface area contributed by atoms with Gasteiger partial charge in [0.05, 0.1) is 113 Å². The summed E-state index contributed by atoms with van der Waals surface area (Å²) in [5, 5.41) is 241. The van der Waals surface area contributed by atoms with Gasteiger partial charge < -0.3 is 208 Å². The highest BCUT2D eigenvalue weighted by molar-refractivity contribution is 7.99. The predicted octanol–water partition coefficient (Wildman–Crippen LogP) is -11.4. The molecule has 2 amide bonds. The van der Waals surface area contributed by atoms with Crippen LogP contribution in [0.5, 0.6) is 5.75 Å². The van der Waals surface area contributed by atoms with Gasteiger partial charge in [0.2, 0.25) is 17.4 Å². The summed E-state index contributed by atoms with van der Waals surface area (Å²) in [6, 6.07) is 4.95. The molecule has 1 aromatic carbocycles. The quantitative estimate of drug-likeness (QED) is 0.0159. The van der Waals surface area contributed by atoms with Crippen LogP contribution in [0, 0.1) is 5.92 Å². The Morgan fingerprint density at radius 3 is 1.29 bits per heavy atom. The number of phenolic OH excluding ortho intramolecular Hbond substituents is 1. The van der Waals surface area contributed by atoms with E-state index in [1.54, 1.807) is 18.2 Å². The largest absolute Gasteiger partial charge is 0.508 e. The second-order valence-electron chi connectivity index (χ2n) is 34.4. The summed E-state index contributed by atoms with van der Waals surface area (Å²) in [7, 11) is 2.67. The molecule has 21 saturated heterocycles. The standard InChI is InChI=1S/C84H121N5O45S2/c1-6-35-36-17-33(96)8-9-40(36)88-51-37(35)20-89-42(51)18-39-38(75(89)115)26-119-83(116)84(39,7-2)134-50(98)19-87-74(114)41(85-4)28-136-30-49-72-58(105)65(112)82(126-49)131-70-47(25-94)122-77(61(108)54(70)101)127-66-43(21-90)120-76(59(106)52(66)99)128-67-44(22-91)123-79(62(109)55(67)102)132-71-48(29-135-27-32(73(113)86-5)16-34(97)11-13-118-15-14-117-12-10-31(3)95)125-81(64(111)57(71)104)130-69-46(24-93)121-78(60(107)53(69)100)129-68-45(23-92)124-80(133-72)63(110)56(68)103/h8-9,17-18,32,41,43-49,52-72,76-82,85,90-94,96,99-112H,6-7,10-16,19-30H2,1-5H3,(H,86,113)(H,87,114)/t32-,41-,43?,44?,45?,46?,47?,48?,49?,52-,53-,54-,55-,56-,57-,58-,59?,60?,61?,62?,63?,64?,65?,66-,67-,68-,69-,70-,71-,72-,76-,77-,78+,79-,80+,81-,82+,84-/m1/s1. The van der Waals surface area contributed by atoms with E-state index in [0.29, 0.717) is 34.3 Å². The fraction of sp³-hybridized carbons (Fsp3) is 0.762. The molecule has 23 N–H and O–H groups in total. The molecule has 25 heterocycles. The number of carbonyl (C=O) groups is 6. The van der Waals surface area contributed by atoms with E-state index in [2.05, 4.69) is 16.0 Å². The van der Waals surface area contributed by atoms with Crippen LogP contribution in [0.2, 0.25) is 0 Å². The molecule has 0 spiro atoms. The van der Waals surface area contributed by atoms with Gasteiger partial charge in [-0.1, -0.05) is 13.8 Å². The molecule has 50 nitrogen and oxygen atoms in total. The van der Waals surface area contributed by atoms with Gasteiger partial charge in [-0.2, -0.15) is 23.5 Å².